The molecule has 1 aromatic rings. The molecule has 0 aromatic heterocycles. The fraction of sp³-hybridized carbons (Fsp3) is 0.385. The second-order valence-electron chi connectivity index (χ2n) is 4.36. The standard InChI is InChI=1S/C13H14FN3O/c1-16-5-2-6-17(9-13(16)18)12-4-3-11(14)7-10(12)8-15/h3-4,7H,2,5-6,9H2,1H3. The normalized spacial score (nSPS) is 16.4. The molecule has 2 rings (SSSR count). The highest BCUT2D eigenvalue weighted by Gasteiger charge is 2.21. The smallest absolute Gasteiger partial charge is 0.241 e. The van der Waals surface area contributed by atoms with E-state index in [0.717, 1.165) is 6.42 Å². The van der Waals surface area contributed by atoms with E-state index in [1.54, 1.807) is 18.0 Å². The molecule has 4 nitrogen and oxygen atoms in total. The quantitative estimate of drug-likeness (QED) is 0.753. The largest absolute Gasteiger partial charge is 0.361 e. The average molecular weight is 247 g/mol. The minimum Gasteiger partial charge on any atom is -0.361 e. The molecule has 0 atom stereocenters. The van der Waals surface area contributed by atoms with E-state index in [9.17, 15) is 9.18 Å². The van der Waals surface area contributed by atoms with Crippen molar-refractivity contribution in [2.24, 2.45) is 0 Å². The third-order valence-corrected chi connectivity index (χ3v) is 3.09. The lowest BCUT2D eigenvalue weighted by molar-refractivity contribution is -0.127. The van der Waals surface area contributed by atoms with E-state index in [4.69, 9.17) is 5.26 Å². The number of anilines is 1. The minimum atomic E-state index is -0.437. The number of carbonyl (C=O) groups excluding carboxylic acids is 1. The SMILES string of the molecule is CN1CCCN(c2ccc(F)cc2C#N)CC1=O. The lowest BCUT2D eigenvalue weighted by Gasteiger charge is -2.22. The summed E-state index contributed by atoms with van der Waals surface area (Å²) in [6.45, 7) is 1.63. The van der Waals surface area contributed by atoms with Gasteiger partial charge < -0.3 is 9.80 Å². The number of halogens is 1. The Bertz CT molecular complexity index is 509. The van der Waals surface area contributed by atoms with Crippen LogP contribution in [0.4, 0.5) is 10.1 Å². The molecule has 94 valence electrons. The average Bonchev–Trinajstić information content (AvgIpc) is 2.52. The van der Waals surface area contributed by atoms with E-state index in [0.29, 0.717) is 18.8 Å². The van der Waals surface area contributed by atoms with Crippen molar-refractivity contribution >= 4 is 11.6 Å². The van der Waals surface area contributed by atoms with E-state index in [1.165, 1.54) is 12.1 Å². The van der Waals surface area contributed by atoms with E-state index < -0.39 is 5.82 Å². The van der Waals surface area contributed by atoms with Crippen molar-refractivity contribution < 1.29 is 9.18 Å². The summed E-state index contributed by atoms with van der Waals surface area (Å²) in [7, 11) is 1.77. The predicted octanol–water partition coefficient (Wildman–Crippen LogP) is 1.37. The zero-order chi connectivity index (χ0) is 13.1. The molecule has 0 unspecified atom stereocenters. The summed E-state index contributed by atoms with van der Waals surface area (Å²) in [6, 6.07) is 6.05. The van der Waals surface area contributed by atoms with Gasteiger partial charge in [-0.25, -0.2) is 4.39 Å². The van der Waals surface area contributed by atoms with Gasteiger partial charge in [0.15, 0.2) is 0 Å². The van der Waals surface area contributed by atoms with Gasteiger partial charge in [-0.05, 0) is 24.6 Å². The highest BCUT2D eigenvalue weighted by Crippen LogP contribution is 2.22. The molecule has 1 aliphatic rings. The van der Waals surface area contributed by atoms with Crippen molar-refractivity contribution in [1.82, 2.24) is 4.90 Å². The maximum absolute atomic E-state index is 13.1. The van der Waals surface area contributed by atoms with Crippen LogP contribution in [0.15, 0.2) is 18.2 Å². The molecule has 1 heterocycles. The third kappa shape index (κ3) is 2.43. The van der Waals surface area contributed by atoms with E-state index in [1.807, 2.05) is 11.0 Å². The van der Waals surface area contributed by atoms with Gasteiger partial charge in [0.1, 0.15) is 11.9 Å². The molecule has 0 N–H and O–H groups in total. The summed E-state index contributed by atoms with van der Waals surface area (Å²) in [5, 5.41) is 9.02. The van der Waals surface area contributed by atoms with Crippen molar-refractivity contribution in [3.05, 3.63) is 29.6 Å². The number of hydrogen-bond acceptors (Lipinski definition) is 3. The lowest BCUT2D eigenvalue weighted by atomic mass is 10.1. The first kappa shape index (κ1) is 12.4. The summed E-state index contributed by atoms with van der Waals surface area (Å²) in [4.78, 5) is 15.3. The molecule has 5 heteroatoms. The zero-order valence-corrected chi connectivity index (χ0v) is 10.2. The van der Waals surface area contributed by atoms with Crippen molar-refractivity contribution in [2.45, 2.75) is 6.42 Å². The second-order valence-corrected chi connectivity index (χ2v) is 4.36. The molecular weight excluding hydrogens is 233 g/mol. The van der Waals surface area contributed by atoms with E-state index in [2.05, 4.69) is 0 Å². The molecule has 0 saturated carbocycles. The van der Waals surface area contributed by atoms with Crippen LogP contribution in [-0.2, 0) is 4.79 Å². The molecule has 1 aromatic carbocycles. The van der Waals surface area contributed by atoms with Crippen LogP contribution in [0.3, 0.4) is 0 Å². The van der Waals surface area contributed by atoms with Gasteiger partial charge in [-0.1, -0.05) is 0 Å². The van der Waals surface area contributed by atoms with Gasteiger partial charge in [0, 0.05) is 20.1 Å². The van der Waals surface area contributed by atoms with Crippen LogP contribution in [0.25, 0.3) is 0 Å². The van der Waals surface area contributed by atoms with Crippen LogP contribution in [0, 0.1) is 17.1 Å². The Morgan fingerprint density at radius 2 is 2.17 bits per heavy atom. The number of rotatable bonds is 1. The van der Waals surface area contributed by atoms with Crippen LogP contribution >= 0.6 is 0 Å². The molecule has 0 radical (unpaired) electrons. The van der Waals surface area contributed by atoms with Gasteiger partial charge >= 0.3 is 0 Å². The molecule has 18 heavy (non-hydrogen) atoms. The van der Waals surface area contributed by atoms with Crippen LogP contribution in [-0.4, -0.2) is 37.5 Å². The Balaban J connectivity index is 2.31. The maximum Gasteiger partial charge on any atom is 0.241 e. The first-order valence-corrected chi connectivity index (χ1v) is 5.80. The Kier molecular flexibility index (Phi) is 3.47. The summed E-state index contributed by atoms with van der Waals surface area (Å²) in [5.41, 5.74) is 0.898. The van der Waals surface area contributed by atoms with E-state index >= 15 is 0 Å². The molecule has 1 aliphatic heterocycles. The van der Waals surface area contributed by atoms with Crippen LogP contribution in [0.1, 0.15) is 12.0 Å². The van der Waals surface area contributed by atoms with Gasteiger partial charge in [0.25, 0.3) is 0 Å². The number of carbonyl (C=O) groups is 1. The summed E-state index contributed by atoms with van der Waals surface area (Å²) >= 11 is 0. The lowest BCUT2D eigenvalue weighted by Crippen LogP contribution is -2.34. The minimum absolute atomic E-state index is 0.0146. The van der Waals surface area contributed by atoms with Gasteiger partial charge in [0.2, 0.25) is 5.91 Å². The predicted molar refractivity (Wildman–Crippen MR) is 65.6 cm³/mol. The van der Waals surface area contributed by atoms with Crippen molar-refractivity contribution in [1.29, 1.82) is 5.26 Å². The third-order valence-electron chi connectivity index (χ3n) is 3.09. The highest BCUT2D eigenvalue weighted by atomic mass is 19.1. The molecule has 1 amide bonds. The molecule has 1 saturated heterocycles. The van der Waals surface area contributed by atoms with Crippen molar-refractivity contribution in [3.8, 4) is 6.07 Å². The number of benzene rings is 1. The fourth-order valence-corrected chi connectivity index (χ4v) is 2.07. The summed E-state index contributed by atoms with van der Waals surface area (Å²) in [6.07, 6.45) is 0.838. The Hall–Kier alpha value is -2.09. The number of nitriles is 1. The van der Waals surface area contributed by atoms with Crippen LogP contribution in [0.5, 0.6) is 0 Å². The van der Waals surface area contributed by atoms with Gasteiger partial charge in [-0.3, -0.25) is 4.79 Å². The highest BCUT2D eigenvalue weighted by molar-refractivity contribution is 5.82. The van der Waals surface area contributed by atoms with Gasteiger partial charge in [-0.15, -0.1) is 0 Å². The Morgan fingerprint density at radius 3 is 2.89 bits per heavy atom. The Labute approximate surface area is 105 Å². The zero-order valence-electron chi connectivity index (χ0n) is 10.2. The Morgan fingerprint density at radius 1 is 1.39 bits per heavy atom. The van der Waals surface area contributed by atoms with Crippen LogP contribution < -0.4 is 4.90 Å². The van der Waals surface area contributed by atoms with Gasteiger partial charge in [-0.2, -0.15) is 5.26 Å². The van der Waals surface area contributed by atoms with E-state index in [-0.39, 0.29) is 18.0 Å². The summed E-state index contributed by atoms with van der Waals surface area (Å²) in [5.74, 6) is -0.422. The second kappa shape index (κ2) is 5.05. The first-order chi connectivity index (χ1) is 8.61. The van der Waals surface area contributed by atoms with Crippen molar-refractivity contribution in [3.63, 3.8) is 0 Å². The number of nitrogens with zero attached hydrogens (tertiary/aromatic N) is 3. The number of amides is 1. The van der Waals surface area contributed by atoms with Crippen LogP contribution in [0.2, 0.25) is 0 Å². The number of hydrogen-bond donors (Lipinski definition) is 0. The topological polar surface area (TPSA) is 47.3 Å². The monoisotopic (exact) mass is 247 g/mol. The molecule has 0 bridgehead atoms. The number of likely N-dealkylation sites (N-methyl/N-ethyl adjacent to an activating group) is 1. The molecular formula is C13H14FN3O. The first-order valence-electron chi connectivity index (χ1n) is 5.80. The summed E-state index contributed by atoms with van der Waals surface area (Å²) < 4.78 is 13.1. The fourth-order valence-electron chi connectivity index (χ4n) is 2.07. The van der Waals surface area contributed by atoms with Crippen molar-refractivity contribution in [2.75, 3.05) is 31.6 Å². The molecule has 0 aliphatic carbocycles. The van der Waals surface area contributed by atoms with Gasteiger partial charge in [0.05, 0.1) is 17.8 Å². The molecule has 0 spiro atoms. The molecule has 1 fully saturated rings. The maximum atomic E-state index is 13.1.